The largest absolute Gasteiger partial charge is 0.207 e. The van der Waals surface area contributed by atoms with Crippen molar-refractivity contribution >= 4 is 11.8 Å². The summed E-state index contributed by atoms with van der Waals surface area (Å²) in [6, 6.07) is 8.94. The summed E-state index contributed by atoms with van der Waals surface area (Å²) in [5.74, 6) is -0.0650. The van der Waals surface area contributed by atoms with E-state index in [2.05, 4.69) is 6.07 Å². The Morgan fingerprint density at radius 2 is 2.27 bits per heavy atom. The molecule has 0 radical (unpaired) electrons. The summed E-state index contributed by atoms with van der Waals surface area (Å²) in [6.07, 6.45) is 3.17. The van der Waals surface area contributed by atoms with Gasteiger partial charge in [-0.25, -0.2) is 4.39 Å². The van der Waals surface area contributed by atoms with Crippen molar-refractivity contribution < 1.29 is 4.39 Å². The van der Waals surface area contributed by atoms with E-state index in [9.17, 15) is 4.39 Å². The Morgan fingerprint density at radius 1 is 1.40 bits per heavy atom. The van der Waals surface area contributed by atoms with Gasteiger partial charge in [-0.15, -0.1) is 11.8 Å². The van der Waals surface area contributed by atoms with Crippen LogP contribution in [0.15, 0.2) is 29.2 Å². The molecule has 78 valence electrons. The van der Waals surface area contributed by atoms with Gasteiger partial charge in [0, 0.05) is 10.1 Å². The zero-order valence-electron chi connectivity index (χ0n) is 8.32. The first-order valence-corrected chi connectivity index (χ1v) is 5.99. The summed E-state index contributed by atoms with van der Waals surface area (Å²) in [6.45, 7) is 0. The molecule has 0 bridgehead atoms. The van der Waals surface area contributed by atoms with Crippen LogP contribution in [0.4, 0.5) is 4.39 Å². The molecule has 1 aromatic carbocycles. The van der Waals surface area contributed by atoms with E-state index in [0.29, 0.717) is 5.25 Å². The topological polar surface area (TPSA) is 23.8 Å². The molecule has 1 aliphatic carbocycles. The lowest BCUT2D eigenvalue weighted by Gasteiger charge is -2.12. The van der Waals surface area contributed by atoms with Crippen LogP contribution in [0, 0.1) is 23.1 Å². The molecule has 2 unspecified atom stereocenters. The van der Waals surface area contributed by atoms with Gasteiger partial charge in [0.2, 0.25) is 0 Å². The molecule has 0 aromatic heterocycles. The molecule has 1 nitrogen and oxygen atoms in total. The summed E-state index contributed by atoms with van der Waals surface area (Å²) in [5, 5.41) is 9.28. The molecule has 3 heteroatoms. The number of nitriles is 1. The highest BCUT2D eigenvalue weighted by molar-refractivity contribution is 8.00. The van der Waals surface area contributed by atoms with Crippen LogP contribution < -0.4 is 0 Å². The Bertz CT molecular complexity index is 385. The first-order chi connectivity index (χ1) is 7.29. The van der Waals surface area contributed by atoms with Crippen LogP contribution in [-0.2, 0) is 0 Å². The van der Waals surface area contributed by atoms with Gasteiger partial charge in [0.1, 0.15) is 5.82 Å². The van der Waals surface area contributed by atoms with E-state index in [1.165, 1.54) is 12.1 Å². The van der Waals surface area contributed by atoms with Gasteiger partial charge in [-0.2, -0.15) is 5.26 Å². The number of thioether (sulfide) groups is 1. The van der Waals surface area contributed by atoms with E-state index in [-0.39, 0.29) is 11.7 Å². The third-order valence-corrected chi connectivity index (χ3v) is 4.10. The highest BCUT2D eigenvalue weighted by atomic mass is 32.2. The fourth-order valence-electron chi connectivity index (χ4n) is 1.93. The van der Waals surface area contributed by atoms with Gasteiger partial charge in [-0.3, -0.25) is 0 Å². The van der Waals surface area contributed by atoms with Crippen molar-refractivity contribution in [2.75, 3.05) is 0 Å². The van der Waals surface area contributed by atoms with E-state index in [4.69, 9.17) is 5.26 Å². The SMILES string of the molecule is N#CC1CCCC1Sc1cccc(F)c1. The zero-order valence-corrected chi connectivity index (χ0v) is 9.14. The zero-order chi connectivity index (χ0) is 10.7. The molecule has 1 saturated carbocycles. The van der Waals surface area contributed by atoms with Crippen LogP contribution in [0.1, 0.15) is 19.3 Å². The van der Waals surface area contributed by atoms with Crippen molar-refractivity contribution in [1.29, 1.82) is 5.26 Å². The van der Waals surface area contributed by atoms with Crippen molar-refractivity contribution in [3.8, 4) is 6.07 Å². The molecule has 0 saturated heterocycles. The van der Waals surface area contributed by atoms with E-state index in [0.717, 1.165) is 24.2 Å². The van der Waals surface area contributed by atoms with E-state index < -0.39 is 0 Å². The van der Waals surface area contributed by atoms with Crippen LogP contribution in [-0.4, -0.2) is 5.25 Å². The summed E-state index contributed by atoms with van der Waals surface area (Å²) >= 11 is 1.64. The van der Waals surface area contributed by atoms with E-state index in [1.807, 2.05) is 6.07 Å². The Morgan fingerprint density at radius 3 is 3.00 bits per heavy atom. The normalized spacial score (nSPS) is 25.1. The Hall–Kier alpha value is -1.01. The van der Waals surface area contributed by atoms with Crippen molar-refractivity contribution in [3.63, 3.8) is 0 Å². The van der Waals surface area contributed by atoms with Crippen molar-refractivity contribution in [2.24, 2.45) is 5.92 Å². The maximum Gasteiger partial charge on any atom is 0.124 e. The Balaban J connectivity index is 2.06. The molecule has 15 heavy (non-hydrogen) atoms. The number of nitrogens with zero attached hydrogens (tertiary/aromatic N) is 1. The van der Waals surface area contributed by atoms with Crippen molar-refractivity contribution in [3.05, 3.63) is 30.1 Å². The predicted octanol–water partition coefficient (Wildman–Crippen LogP) is 3.61. The maximum atomic E-state index is 12.9. The van der Waals surface area contributed by atoms with Gasteiger partial charge in [0.05, 0.1) is 12.0 Å². The summed E-state index contributed by atoms with van der Waals surface area (Å²) in [4.78, 5) is 0.933. The van der Waals surface area contributed by atoms with Gasteiger partial charge in [0.15, 0.2) is 0 Å². The molecule has 1 aliphatic rings. The number of hydrogen-bond donors (Lipinski definition) is 0. The molecule has 1 fully saturated rings. The molecule has 0 aliphatic heterocycles. The summed E-state index contributed by atoms with van der Waals surface area (Å²) < 4.78 is 12.9. The van der Waals surface area contributed by atoms with Crippen LogP contribution in [0.5, 0.6) is 0 Å². The lowest BCUT2D eigenvalue weighted by Crippen LogP contribution is -2.07. The first kappa shape index (κ1) is 10.5. The average molecular weight is 221 g/mol. The van der Waals surface area contributed by atoms with Crippen molar-refractivity contribution in [1.82, 2.24) is 0 Å². The minimum Gasteiger partial charge on any atom is -0.207 e. The van der Waals surface area contributed by atoms with Crippen LogP contribution in [0.25, 0.3) is 0 Å². The predicted molar refractivity (Wildman–Crippen MR) is 59.0 cm³/mol. The molecular formula is C12H12FNS. The highest BCUT2D eigenvalue weighted by Gasteiger charge is 2.27. The van der Waals surface area contributed by atoms with Gasteiger partial charge in [0.25, 0.3) is 0 Å². The van der Waals surface area contributed by atoms with Gasteiger partial charge in [-0.05, 0) is 31.0 Å². The first-order valence-electron chi connectivity index (χ1n) is 5.11. The summed E-state index contributed by atoms with van der Waals surface area (Å²) in [7, 11) is 0. The molecular weight excluding hydrogens is 209 g/mol. The quantitative estimate of drug-likeness (QED) is 0.761. The molecule has 0 amide bonds. The van der Waals surface area contributed by atoms with Crippen LogP contribution in [0.3, 0.4) is 0 Å². The molecule has 2 rings (SSSR count). The molecule has 0 spiro atoms. The number of rotatable bonds is 2. The maximum absolute atomic E-state index is 12.9. The minimum atomic E-state index is -0.202. The second-order valence-corrected chi connectivity index (χ2v) is 5.09. The second-order valence-electron chi connectivity index (χ2n) is 3.78. The van der Waals surface area contributed by atoms with Crippen LogP contribution in [0.2, 0.25) is 0 Å². The van der Waals surface area contributed by atoms with E-state index >= 15 is 0 Å². The number of halogens is 1. The van der Waals surface area contributed by atoms with E-state index in [1.54, 1.807) is 17.8 Å². The van der Waals surface area contributed by atoms with Gasteiger partial charge >= 0.3 is 0 Å². The third-order valence-electron chi connectivity index (χ3n) is 2.70. The fraction of sp³-hybridized carbons (Fsp3) is 0.417. The number of benzene rings is 1. The molecule has 0 N–H and O–H groups in total. The smallest absolute Gasteiger partial charge is 0.124 e. The molecule has 1 aromatic rings. The third kappa shape index (κ3) is 2.51. The fourth-order valence-corrected chi connectivity index (χ4v) is 3.26. The second kappa shape index (κ2) is 4.67. The van der Waals surface area contributed by atoms with Crippen molar-refractivity contribution in [2.45, 2.75) is 29.4 Å². The molecule has 0 heterocycles. The average Bonchev–Trinajstić information content (AvgIpc) is 2.65. The summed E-state index contributed by atoms with van der Waals surface area (Å²) in [5.41, 5.74) is 0. The lowest BCUT2D eigenvalue weighted by molar-refractivity contribution is 0.624. The van der Waals surface area contributed by atoms with Crippen LogP contribution >= 0.6 is 11.8 Å². The number of hydrogen-bond acceptors (Lipinski definition) is 2. The lowest BCUT2D eigenvalue weighted by atomic mass is 10.1. The highest BCUT2D eigenvalue weighted by Crippen LogP contribution is 2.38. The standard InChI is InChI=1S/C12H12FNS/c13-10-4-2-5-11(7-10)15-12-6-1-3-9(12)8-14/h2,4-5,7,9,12H,1,3,6H2. The molecule has 2 atom stereocenters. The van der Waals surface area contributed by atoms with Gasteiger partial charge in [-0.1, -0.05) is 12.5 Å². The Labute approximate surface area is 93.3 Å². The van der Waals surface area contributed by atoms with Gasteiger partial charge < -0.3 is 0 Å². The minimum absolute atomic E-state index is 0.137. The Kier molecular flexibility index (Phi) is 3.27. The monoisotopic (exact) mass is 221 g/mol.